The van der Waals surface area contributed by atoms with Gasteiger partial charge in [0.1, 0.15) is 5.75 Å². The summed E-state index contributed by atoms with van der Waals surface area (Å²) in [5.74, 6) is -1.54. The van der Waals surface area contributed by atoms with Gasteiger partial charge in [-0.05, 0) is 91.3 Å². The average Bonchev–Trinajstić information content (AvgIpc) is 3.51. The lowest BCUT2D eigenvalue weighted by molar-refractivity contribution is -0.122. The van der Waals surface area contributed by atoms with Gasteiger partial charge in [0.05, 0.1) is 35.9 Å². The molecule has 2 fully saturated rings. The summed E-state index contributed by atoms with van der Waals surface area (Å²) in [7, 11) is -1.70. The van der Waals surface area contributed by atoms with Crippen LogP contribution in [-0.2, 0) is 14.3 Å². The Morgan fingerprint density at radius 3 is 2.69 bits per heavy atom. The lowest BCUT2D eigenvalue weighted by Crippen LogP contribution is -2.35. The van der Waals surface area contributed by atoms with Crippen molar-refractivity contribution < 1.29 is 29.5 Å². The van der Waals surface area contributed by atoms with Gasteiger partial charge in [0.25, 0.3) is 0 Å². The fraction of sp³-hybridized carbons (Fsp3) is 0.281. The smallest absolute Gasteiger partial charge is 0.488 e. The molecule has 8 nitrogen and oxygen atoms in total. The minimum absolute atomic E-state index is 0.175. The predicted molar refractivity (Wildman–Crippen MR) is 163 cm³/mol. The summed E-state index contributed by atoms with van der Waals surface area (Å²) >= 11 is 3.48. The van der Waals surface area contributed by atoms with Crippen molar-refractivity contribution in [2.75, 3.05) is 11.5 Å². The van der Waals surface area contributed by atoms with Gasteiger partial charge in [0.2, 0.25) is 11.8 Å². The molecule has 0 bridgehead atoms. The number of fused-ring (bicyclic) bond motifs is 3. The molecule has 3 N–H and O–H groups in total. The van der Waals surface area contributed by atoms with Gasteiger partial charge in [0, 0.05) is 22.2 Å². The van der Waals surface area contributed by atoms with E-state index in [1.54, 1.807) is 30.5 Å². The first-order valence-electron chi connectivity index (χ1n) is 14.0. The van der Waals surface area contributed by atoms with Crippen LogP contribution in [0, 0.1) is 17.8 Å². The molecule has 42 heavy (non-hydrogen) atoms. The van der Waals surface area contributed by atoms with E-state index in [9.17, 15) is 24.7 Å². The van der Waals surface area contributed by atoms with E-state index in [2.05, 4.69) is 20.9 Å². The van der Waals surface area contributed by atoms with Gasteiger partial charge >= 0.3 is 7.12 Å². The molecule has 0 radical (unpaired) electrons. The van der Waals surface area contributed by atoms with Gasteiger partial charge < -0.3 is 19.9 Å². The minimum atomic E-state index is -1.70. The maximum atomic E-state index is 13.8. The maximum Gasteiger partial charge on any atom is 0.488 e. The number of benzene rings is 2. The molecule has 4 atom stereocenters. The number of hydrogen-bond donors (Lipinski definition) is 3. The van der Waals surface area contributed by atoms with Gasteiger partial charge in [-0.25, -0.2) is 0 Å². The highest BCUT2D eigenvalue weighted by atomic mass is 79.9. The minimum Gasteiger partial charge on any atom is -0.507 e. The number of halogens is 1. The number of phenols is 1. The van der Waals surface area contributed by atoms with E-state index < -0.39 is 19.0 Å². The SMILES string of the molecule is CC1=C2[C@@H](CC/C(=C/c3cc(Br)ccc3O)c3ccccn3)OC[C@@H]2[C@@H]2C(=O)N(c3cccc(B(O)O)c3)C(=O)[C@@H]2C1. The molecule has 0 spiro atoms. The number of aromatic hydroxyl groups is 1. The number of amides is 2. The van der Waals surface area contributed by atoms with Crippen molar-refractivity contribution in [3.63, 3.8) is 0 Å². The van der Waals surface area contributed by atoms with Crippen molar-refractivity contribution in [1.82, 2.24) is 4.98 Å². The Morgan fingerprint density at radius 2 is 1.93 bits per heavy atom. The highest BCUT2D eigenvalue weighted by molar-refractivity contribution is 9.10. The van der Waals surface area contributed by atoms with Crippen LogP contribution >= 0.6 is 15.9 Å². The van der Waals surface area contributed by atoms with Gasteiger partial charge in [-0.1, -0.05) is 39.7 Å². The van der Waals surface area contributed by atoms with Crippen LogP contribution in [0.25, 0.3) is 11.6 Å². The predicted octanol–water partition coefficient (Wildman–Crippen LogP) is 4.09. The third-order valence-corrected chi connectivity index (χ3v) is 9.06. The lowest BCUT2D eigenvalue weighted by Gasteiger charge is -2.30. The second-order valence-corrected chi connectivity index (χ2v) is 12.0. The van der Waals surface area contributed by atoms with Crippen molar-refractivity contribution in [1.29, 1.82) is 0 Å². The van der Waals surface area contributed by atoms with E-state index >= 15 is 0 Å². The molecule has 10 heteroatoms. The summed E-state index contributed by atoms with van der Waals surface area (Å²) in [6.07, 6.45) is 5.24. The van der Waals surface area contributed by atoms with E-state index in [4.69, 9.17) is 4.74 Å². The number of carbonyl (C=O) groups is 2. The van der Waals surface area contributed by atoms with Gasteiger partial charge in [-0.3, -0.25) is 19.5 Å². The van der Waals surface area contributed by atoms with Crippen LogP contribution in [0.4, 0.5) is 5.69 Å². The number of allylic oxidation sites excluding steroid dienone is 2. The molecule has 3 heterocycles. The van der Waals surface area contributed by atoms with E-state index in [-0.39, 0.29) is 35.0 Å². The topological polar surface area (TPSA) is 120 Å². The Hall–Kier alpha value is -3.57. The highest BCUT2D eigenvalue weighted by Gasteiger charge is 2.56. The Bertz CT molecular complexity index is 1610. The van der Waals surface area contributed by atoms with Gasteiger partial charge in [0.15, 0.2) is 0 Å². The normalized spacial score (nSPS) is 23.8. The number of anilines is 1. The Labute approximate surface area is 252 Å². The first-order chi connectivity index (χ1) is 20.2. The number of aromatic nitrogens is 1. The zero-order valence-electron chi connectivity index (χ0n) is 23.0. The number of nitrogens with zero attached hydrogens (tertiary/aromatic N) is 2. The monoisotopic (exact) mass is 628 g/mol. The fourth-order valence-electron chi connectivity index (χ4n) is 6.65. The molecule has 214 valence electrons. The number of ether oxygens (including phenoxy) is 1. The molecule has 0 unspecified atom stereocenters. The third kappa shape index (κ3) is 5.24. The number of pyridine rings is 1. The number of imide groups is 1. The molecule has 2 aliphatic heterocycles. The van der Waals surface area contributed by atoms with E-state index in [0.717, 1.165) is 26.9 Å². The van der Waals surface area contributed by atoms with E-state index in [1.807, 2.05) is 37.3 Å². The molecule has 3 aliphatic rings. The Balaban J connectivity index is 1.25. The zero-order valence-corrected chi connectivity index (χ0v) is 24.6. The number of phenolic OH excluding ortho intramolecular Hbond substituents is 1. The summed E-state index contributed by atoms with van der Waals surface area (Å²) < 4.78 is 7.18. The molecule has 2 aromatic carbocycles. The van der Waals surface area contributed by atoms with Crippen LogP contribution in [-0.4, -0.2) is 51.8 Å². The third-order valence-electron chi connectivity index (χ3n) is 8.57. The van der Waals surface area contributed by atoms with Crippen LogP contribution in [0.2, 0.25) is 0 Å². The van der Waals surface area contributed by atoms with Crippen molar-refractivity contribution in [2.45, 2.75) is 32.3 Å². The van der Waals surface area contributed by atoms with Gasteiger partial charge in [-0.15, -0.1) is 0 Å². The van der Waals surface area contributed by atoms with Crippen molar-refractivity contribution >= 4 is 57.7 Å². The van der Waals surface area contributed by atoms with Crippen LogP contribution in [0.1, 0.15) is 37.4 Å². The number of hydrogen-bond acceptors (Lipinski definition) is 7. The summed E-state index contributed by atoms with van der Waals surface area (Å²) in [5.41, 5.74) is 5.19. The molecule has 0 saturated carbocycles. The van der Waals surface area contributed by atoms with Crippen molar-refractivity contribution in [3.05, 3.63) is 93.7 Å². The molecule has 3 aromatic rings. The molecular weight excluding hydrogens is 599 g/mol. The summed E-state index contributed by atoms with van der Waals surface area (Å²) in [6, 6.07) is 17.3. The maximum absolute atomic E-state index is 13.8. The van der Waals surface area contributed by atoms with Crippen molar-refractivity contribution in [3.8, 4) is 5.75 Å². The quantitative estimate of drug-likeness (QED) is 0.205. The van der Waals surface area contributed by atoms with Gasteiger partial charge in [-0.2, -0.15) is 0 Å². The molecule has 1 aromatic heterocycles. The zero-order chi connectivity index (χ0) is 29.5. The van der Waals surface area contributed by atoms with Crippen LogP contribution in [0.15, 0.2) is 82.5 Å². The number of carbonyl (C=O) groups excluding carboxylic acids is 2. The standard InChI is InChI=1S/C32H30BBrN2O6/c1-18-13-24-30(32(39)36(31(24)38)23-6-4-5-21(16-23)33(40)41)25-17-42-28(29(18)25)11-8-19(26-7-2-3-12-35-26)14-20-15-22(34)9-10-27(20)37/h2-7,9-10,12,14-16,24-25,28,30,37,40-41H,8,11,13,17H2,1H3/b19-14-/t24-,25+,28-,30-/m1/s1. The van der Waals surface area contributed by atoms with E-state index in [1.165, 1.54) is 17.0 Å². The lowest BCUT2D eigenvalue weighted by atomic mass is 9.70. The second kappa shape index (κ2) is 11.6. The molecule has 2 saturated heterocycles. The van der Waals surface area contributed by atoms with Crippen LogP contribution in [0.5, 0.6) is 5.75 Å². The fourth-order valence-corrected chi connectivity index (χ4v) is 7.03. The average molecular weight is 629 g/mol. The van der Waals surface area contributed by atoms with Crippen LogP contribution < -0.4 is 10.4 Å². The molecule has 1 aliphatic carbocycles. The molecular formula is C32H30BBrN2O6. The largest absolute Gasteiger partial charge is 0.507 e. The van der Waals surface area contributed by atoms with Crippen molar-refractivity contribution in [2.24, 2.45) is 17.8 Å². The highest BCUT2D eigenvalue weighted by Crippen LogP contribution is 2.50. The Kier molecular flexibility index (Phi) is 7.89. The summed E-state index contributed by atoms with van der Waals surface area (Å²) in [4.78, 5) is 33.0. The molecule has 2 amide bonds. The summed E-state index contributed by atoms with van der Waals surface area (Å²) in [5, 5.41) is 29.7. The first kappa shape index (κ1) is 28.5. The number of rotatable bonds is 7. The Morgan fingerprint density at radius 1 is 1.10 bits per heavy atom. The van der Waals surface area contributed by atoms with Crippen LogP contribution in [0.3, 0.4) is 0 Å². The summed E-state index contributed by atoms with van der Waals surface area (Å²) in [6.45, 7) is 2.38. The second-order valence-electron chi connectivity index (χ2n) is 11.1. The van der Waals surface area contributed by atoms with E-state index in [0.29, 0.717) is 37.1 Å². The first-order valence-corrected chi connectivity index (χ1v) is 14.8. The molecule has 6 rings (SSSR count).